The first kappa shape index (κ1) is 13.9. The largest absolute Gasteiger partial charge is 0.396 e. The van der Waals surface area contributed by atoms with E-state index in [2.05, 4.69) is 0 Å². The predicted octanol–water partition coefficient (Wildman–Crippen LogP) is 4.96. The van der Waals surface area contributed by atoms with Gasteiger partial charge in [0, 0.05) is 11.1 Å². The van der Waals surface area contributed by atoms with Gasteiger partial charge in [0.1, 0.15) is 0 Å². The molecule has 0 radical (unpaired) electrons. The molecule has 0 aliphatic heterocycles. The number of carbonyl (C=O) groups excluding carboxylic acids is 1. The van der Waals surface area contributed by atoms with Gasteiger partial charge in [0.15, 0.2) is 5.78 Å². The minimum atomic E-state index is -0.129. The average Bonchev–Trinajstić information content (AvgIpc) is 2.51. The third-order valence-electron chi connectivity index (χ3n) is 3.38. The molecule has 4 heteroatoms. The fourth-order valence-electron chi connectivity index (χ4n) is 2.29. The van der Waals surface area contributed by atoms with Crippen molar-refractivity contribution in [2.24, 2.45) is 0 Å². The highest BCUT2D eigenvalue weighted by atomic mass is 35.5. The molecule has 0 aliphatic rings. The number of ketones is 1. The number of hydrogen-bond donors (Lipinski definition) is 1. The van der Waals surface area contributed by atoms with Gasteiger partial charge < -0.3 is 5.73 Å². The maximum Gasteiger partial charge on any atom is 0.193 e. The number of nitrogen functional groups attached to an aromatic ring is 1. The summed E-state index contributed by atoms with van der Waals surface area (Å²) in [6.07, 6.45) is 0. The lowest BCUT2D eigenvalue weighted by Gasteiger charge is -2.08. The summed E-state index contributed by atoms with van der Waals surface area (Å²) in [5, 5.41) is 2.47. The maximum atomic E-state index is 12.7. The third-order valence-corrected chi connectivity index (χ3v) is 4.00. The van der Waals surface area contributed by atoms with Crippen molar-refractivity contribution < 1.29 is 4.79 Å². The first-order chi connectivity index (χ1) is 10.1. The molecule has 0 aromatic heterocycles. The topological polar surface area (TPSA) is 43.1 Å². The lowest BCUT2D eigenvalue weighted by molar-refractivity contribution is 0.104. The lowest BCUT2D eigenvalue weighted by atomic mass is 9.97. The molecule has 0 saturated heterocycles. The summed E-state index contributed by atoms with van der Waals surface area (Å²) in [5.74, 6) is -0.129. The van der Waals surface area contributed by atoms with E-state index in [1.807, 2.05) is 36.4 Å². The molecule has 0 atom stereocenters. The smallest absolute Gasteiger partial charge is 0.193 e. The summed E-state index contributed by atoms with van der Waals surface area (Å²) < 4.78 is 0. The summed E-state index contributed by atoms with van der Waals surface area (Å²) in [7, 11) is 0. The molecule has 0 amide bonds. The van der Waals surface area contributed by atoms with Crippen molar-refractivity contribution in [2.45, 2.75) is 0 Å². The van der Waals surface area contributed by atoms with Gasteiger partial charge in [-0.3, -0.25) is 4.79 Å². The first-order valence-electron chi connectivity index (χ1n) is 6.35. The van der Waals surface area contributed by atoms with E-state index in [0.29, 0.717) is 11.1 Å². The van der Waals surface area contributed by atoms with Crippen LogP contribution in [0.1, 0.15) is 15.9 Å². The molecule has 0 bridgehead atoms. The van der Waals surface area contributed by atoms with Gasteiger partial charge in [-0.2, -0.15) is 0 Å². The van der Waals surface area contributed by atoms with Crippen LogP contribution in [0.25, 0.3) is 10.8 Å². The Morgan fingerprint density at radius 3 is 2.24 bits per heavy atom. The highest BCUT2D eigenvalue weighted by molar-refractivity contribution is 6.39. The van der Waals surface area contributed by atoms with Crippen molar-refractivity contribution in [3.05, 3.63) is 75.8 Å². The maximum absolute atomic E-state index is 12.7. The van der Waals surface area contributed by atoms with E-state index in [1.54, 1.807) is 18.2 Å². The van der Waals surface area contributed by atoms with E-state index in [4.69, 9.17) is 28.9 Å². The number of rotatable bonds is 2. The van der Waals surface area contributed by atoms with E-state index >= 15 is 0 Å². The van der Waals surface area contributed by atoms with Gasteiger partial charge in [-0.25, -0.2) is 0 Å². The fraction of sp³-hybridized carbons (Fsp3) is 0. The summed E-state index contributed by atoms with van der Waals surface area (Å²) in [4.78, 5) is 12.7. The lowest BCUT2D eigenvalue weighted by Crippen LogP contribution is -2.03. The third kappa shape index (κ3) is 2.48. The second-order valence-corrected chi connectivity index (χ2v) is 5.52. The molecular formula is C17H11Cl2NO. The molecule has 104 valence electrons. The molecule has 3 aromatic carbocycles. The molecule has 3 aromatic rings. The van der Waals surface area contributed by atoms with Gasteiger partial charge in [-0.15, -0.1) is 0 Å². The number of nitrogens with two attached hydrogens (primary N) is 1. The molecule has 0 aliphatic carbocycles. The zero-order valence-electron chi connectivity index (χ0n) is 10.9. The van der Waals surface area contributed by atoms with Crippen LogP contribution >= 0.6 is 23.2 Å². The minimum Gasteiger partial charge on any atom is -0.396 e. The van der Waals surface area contributed by atoms with Crippen LogP contribution in [0.2, 0.25) is 10.0 Å². The Bertz CT molecular complexity index is 830. The van der Waals surface area contributed by atoms with E-state index in [1.165, 1.54) is 0 Å². The Morgan fingerprint density at radius 2 is 1.52 bits per heavy atom. The van der Waals surface area contributed by atoms with Gasteiger partial charge in [0.25, 0.3) is 0 Å². The Morgan fingerprint density at radius 1 is 0.905 bits per heavy atom. The van der Waals surface area contributed by atoms with Gasteiger partial charge in [0.05, 0.1) is 15.7 Å². The van der Waals surface area contributed by atoms with Crippen LogP contribution in [0.5, 0.6) is 0 Å². The highest BCUT2D eigenvalue weighted by Crippen LogP contribution is 2.30. The second kappa shape index (κ2) is 5.40. The Kier molecular flexibility index (Phi) is 3.58. The Labute approximate surface area is 132 Å². The van der Waals surface area contributed by atoms with Crippen molar-refractivity contribution >= 4 is 45.4 Å². The van der Waals surface area contributed by atoms with Crippen LogP contribution < -0.4 is 5.73 Å². The highest BCUT2D eigenvalue weighted by Gasteiger charge is 2.15. The molecule has 0 fully saturated rings. The van der Waals surface area contributed by atoms with Gasteiger partial charge >= 0.3 is 0 Å². The van der Waals surface area contributed by atoms with Gasteiger partial charge in [-0.1, -0.05) is 65.7 Å². The summed E-state index contributed by atoms with van der Waals surface area (Å²) >= 11 is 12.0. The molecule has 0 spiro atoms. The van der Waals surface area contributed by atoms with E-state index in [0.717, 1.165) is 10.8 Å². The number of anilines is 1. The molecule has 21 heavy (non-hydrogen) atoms. The van der Waals surface area contributed by atoms with Crippen LogP contribution in [0.15, 0.2) is 54.6 Å². The Balaban J connectivity index is 2.17. The molecular weight excluding hydrogens is 305 g/mol. The number of carbonyl (C=O) groups is 1. The van der Waals surface area contributed by atoms with E-state index in [-0.39, 0.29) is 21.5 Å². The van der Waals surface area contributed by atoms with E-state index in [9.17, 15) is 4.79 Å². The minimum absolute atomic E-state index is 0.129. The van der Waals surface area contributed by atoms with Crippen molar-refractivity contribution in [1.82, 2.24) is 0 Å². The fourth-order valence-corrected chi connectivity index (χ4v) is 2.78. The predicted molar refractivity (Wildman–Crippen MR) is 88.3 cm³/mol. The van der Waals surface area contributed by atoms with Crippen LogP contribution in [-0.4, -0.2) is 5.78 Å². The number of fused-ring (bicyclic) bond motifs is 1. The summed E-state index contributed by atoms with van der Waals surface area (Å²) in [6, 6.07) is 16.4. The molecule has 3 rings (SSSR count). The molecule has 0 saturated carbocycles. The molecule has 2 N–H and O–H groups in total. The Hall–Kier alpha value is -2.03. The van der Waals surface area contributed by atoms with Crippen molar-refractivity contribution in [1.29, 1.82) is 0 Å². The van der Waals surface area contributed by atoms with Gasteiger partial charge in [0.2, 0.25) is 0 Å². The number of halogens is 2. The van der Waals surface area contributed by atoms with Crippen molar-refractivity contribution in [3.8, 4) is 0 Å². The molecule has 0 heterocycles. The number of benzene rings is 3. The van der Waals surface area contributed by atoms with E-state index < -0.39 is 0 Å². The van der Waals surface area contributed by atoms with Crippen LogP contribution in [0.3, 0.4) is 0 Å². The number of hydrogen-bond acceptors (Lipinski definition) is 2. The van der Waals surface area contributed by atoms with Crippen LogP contribution in [0.4, 0.5) is 5.69 Å². The normalized spacial score (nSPS) is 10.8. The quantitative estimate of drug-likeness (QED) is 0.536. The van der Waals surface area contributed by atoms with Gasteiger partial charge in [-0.05, 0) is 22.9 Å². The van der Waals surface area contributed by atoms with Crippen molar-refractivity contribution in [3.63, 3.8) is 0 Å². The summed E-state index contributed by atoms with van der Waals surface area (Å²) in [5.41, 5.74) is 7.03. The zero-order valence-corrected chi connectivity index (χ0v) is 12.4. The first-order valence-corrected chi connectivity index (χ1v) is 7.10. The zero-order chi connectivity index (χ0) is 15.0. The molecule has 0 unspecified atom stereocenters. The standard InChI is InChI=1S/C17H11Cl2NO/c18-14-8-11(9-15(19)16(14)20)17(21)13-7-3-5-10-4-1-2-6-12(10)13/h1-9H,20H2. The SMILES string of the molecule is Nc1c(Cl)cc(C(=O)c2cccc3ccccc23)cc1Cl. The van der Waals surface area contributed by atoms with Crippen LogP contribution in [0, 0.1) is 0 Å². The average molecular weight is 316 g/mol. The van der Waals surface area contributed by atoms with Crippen LogP contribution in [-0.2, 0) is 0 Å². The summed E-state index contributed by atoms with van der Waals surface area (Å²) in [6.45, 7) is 0. The monoisotopic (exact) mass is 315 g/mol. The molecule has 2 nitrogen and oxygen atoms in total. The second-order valence-electron chi connectivity index (χ2n) is 4.71. The van der Waals surface area contributed by atoms with Crippen molar-refractivity contribution in [2.75, 3.05) is 5.73 Å².